The number of ether oxygens (including phenoxy) is 1. The first-order chi connectivity index (χ1) is 9.94. The van der Waals surface area contributed by atoms with Crippen molar-refractivity contribution >= 4 is 11.3 Å². The number of aromatic nitrogens is 1. The molecule has 0 fully saturated rings. The fourth-order valence-electron chi connectivity index (χ4n) is 1.76. The van der Waals surface area contributed by atoms with Crippen LogP contribution in [0.3, 0.4) is 0 Å². The minimum atomic E-state index is -4.32. The second-order valence-corrected chi connectivity index (χ2v) is 5.53. The van der Waals surface area contributed by atoms with E-state index in [0.29, 0.717) is 6.42 Å². The van der Waals surface area contributed by atoms with E-state index in [-0.39, 0.29) is 6.61 Å². The van der Waals surface area contributed by atoms with Gasteiger partial charge in [0.2, 0.25) is 0 Å². The second kappa shape index (κ2) is 7.02. The quantitative estimate of drug-likeness (QED) is 0.890. The van der Waals surface area contributed by atoms with E-state index in [1.807, 2.05) is 35.7 Å². The van der Waals surface area contributed by atoms with E-state index >= 15 is 0 Å². The molecule has 0 amide bonds. The lowest BCUT2D eigenvalue weighted by Crippen LogP contribution is -2.31. The molecule has 114 valence electrons. The summed E-state index contributed by atoms with van der Waals surface area (Å²) in [6.07, 6.45) is -3.92. The highest BCUT2D eigenvalue weighted by Gasteiger charge is 2.27. The topological polar surface area (TPSA) is 48.1 Å². The number of rotatable bonds is 6. The van der Waals surface area contributed by atoms with E-state index in [4.69, 9.17) is 5.73 Å². The highest BCUT2D eigenvalue weighted by atomic mass is 32.1. The number of nitrogens with zero attached hydrogens (tertiary/aromatic N) is 1. The van der Waals surface area contributed by atoms with E-state index < -0.39 is 18.8 Å². The van der Waals surface area contributed by atoms with Crippen molar-refractivity contribution in [1.82, 2.24) is 4.98 Å². The molecule has 1 aromatic heterocycles. The molecule has 1 atom stereocenters. The number of hydrogen-bond donors (Lipinski definition) is 1. The van der Waals surface area contributed by atoms with Crippen LogP contribution in [0.25, 0.3) is 11.3 Å². The van der Waals surface area contributed by atoms with Gasteiger partial charge in [-0.2, -0.15) is 13.2 Å². The van der Waals surface area contributed by atoms with Gasteiger partial charge >= 0.3 is 6.18 Å². The van der Waals surface area contributed by atoms with Gasteiger partial charge in [0.1, 0.15) is 6.61 Å². The van der Waals surface area contributed by atoms with Crippen LogP contribution in [0.4, 0.5) is 13.2 Å². The normalized spacial score (nSPS) is 13.3. The number of nitrogens with two attached hydrogens (primary N) is 1. The van der Waals surface area contributed by atoms with Crippen molar-refractivity contribution in [3.63, 3.8) is 0 Å². The monoisotopic (exact) mass is 316 g/mol. The number of halogens is 3. The zero-order chi connectivity index (χ0) is 15.3. The zero-order valence-electron chi connectivity index (χ0n) is 11.1. The molecule has 0 aliphatic heterocycles. The second-order valence-electron chi connectivity index (χ2n) is 4.59. The van der Waals surface area contributed by atoms with Crippen molar-refractivity contribution in [3.05, 3.63) is 40.7 Å². The largest absolute Gasteiger partial charge is 0.411 e. The Bertz CT molecular complexity index is 557. The fraction of sp³-hybridized carbons (Fsp3) is 0.357. The molecule has 7 heteroatoms. The Kier molecular flexibility index (Phi) is 5.33. The third kappa shape index (κ3) is 5.45. The molecule has 3 nitrogen and oxygen atoms in total. The molecule has 0 saturated carbocycles. The van der Waals surface area contributed by atoms with E-state index in [1.54, 1.807) is 0 Å². The molecule has 0 radical (unpaired) electrons. The smallest absolute Gasteiger partial charge is 0.370 e. The van der Waals surface area contributed by atoms with Crippen LogP contribution in [-0.4, -0.2) is 30.4 Å². The first-order valence-corrected chi connectivity index (χ1v) is 7.22. The van der Waals surface area contributed by atoms with Crippen molar-refractivity contribution in [2.45, 2.75) is 18.6 Å². The molecule has 1 heterocycles. The van der Waals surface area contributed by atoms with Gasteiger partial charge in [0.05, 0.1) is 17.3 Å². The Balaban J connectivity index is 1.85. The summed E-state index contributed by atoms with van der Waals surface area (Å²) in [4.78, 5) is 4.44. The number of hydrogen-bond acceptors (Lipinski definition) is 4. The third-order valence-electron chi connectivity index (χ3n) is 2.66. The molecule has 0 aliphatic carbocycles. The van der Waals surface area contributed by atoms with Crippen molar-refractivity contribution in [2.75, 3.05) is 13.2 Å². The lowest BCUT2D eigenvalue weighted by atomic mass is 10.2. The predicted octanol–water partition coefficient (Wildman–Crippen LogP) is 3.26. The minimum Gasteiger partial charge on any atom is -0.370 e. The Morgan fingerprint density at radius 3 is 2.62 bits per heavy atom. The van der Waals surface area contributed by atoms with E-state index in [0.717, 1.165) is 16.3 Å². The van der Waals surface area contributed by atoms with Crippen LogP contribution in [0.15, 0.2) is 35.7 Å². The molecule has 2 N–H and O–H groups in total. The Hall–Kier alpha value is -1.44. The molecule has 0 saturated heterocycles. The van der Waals surface area contributed by atoms with Gasteiger partial charge in [-0.05, 0) is 0 Å². The molecule has 2 aromatic rings. The van der Waals surface area contributed by atoms with Gasteiger partial charge in [0.25, 0.3) is 0 Å². The Morgan fingerprint density at radius 1 is 1.24 bits per heavy atom. The van der Waals surface area contributed by atoms with Crippen LogP contribution in [-0.2, 0) is 11.2 Å². The van der Waals surface area contributed by atoms with Gasteiger partial charge < -0.3 is 10.5 Å². The zero-order valence-corrected chi connectivity index (χ0v) is 12.0. The molecule has 2 rings (SSSR count). The standard InChI is InChI=1S/C14H15F3N2OS/c15-14(16,17)9-20-7-11(18)6-13-19-12(8-21-13)10-4-2-1-3-5-10/h1-5,8,11H,6-7,9,18H2. The molecule has 0 bridgehead atoms. The summed E-state index contributed by atoms with van der Waals surface area (Å²) in [6, 6.07) is 9.17. The summed E-state index contributed by atoms with van der Waals surface area (Å²) < 4.78 is 40.4. The molecule has 1 unspecified atom stereocenters. The maximum Gasteiger partial charge on any atom is 0.411 e. The molecular weight excluding hydrogens is 301 g/mol. The van der Waals surface area contributed by atoms with Crippen molar-refractivity contribution in [1.29, 1.82) is 0 Å². The lowest BCUT2D eigenvalue weighted by molar-refractivity contribution is -0.174. The summed E-state index contributed by atoms with van der Waals surface area (Å²) in [5.74, 6) is 0. The first-order valence-electron chi connectivity index (χ1n) is 6.34. The van der Waals surface area contributed by atoms with Crippen molar-refractivity contribution in [2.24, 2.45) is 5.73 Å². The maximum absolute atomic E-state index is 11.9. The van der Waals surface area contributed by atoms with Crippen LogP contribution < -0.4 is 5.73 Å². The van der Waals surface area contributed by atoms with Crippen LogP contribution in [0.5, 0.6) is 0 Å². The average Bonchev–Trinajstić information content (AvgIpc) is 2.86. The molecular formula is C14H15F3N2OS. The van der Waals surface area contributed by atoms with Gasteiger partial charge in [0.15, 0.2) is 0 Å². The Labute approximate surface area is 124 Å². The predicted molar refractivity (Wildman–Crippen MR) is 76.1 cm³/mol. The molecule has 1 aromatic carbocycles. The number of benzene rings is 1. The molecule has 0 spiro atoms. The average molecular weight is 316 g/mol. The van der Waals surface area contributed by atoms with Gasteiger partial charge in [-0.1, -0.05) is 30.3 Å². The van der Waals surface area contributed by atoms with Crippen LogP contribution in [0, 0.1) is 0 Å². The fourth-order valence-corrected chi connectivity index (χ4v) is 2.65. The summed E-state index contributed by atoms with van der Waals surface area (Å²) in [6.45, 7) is -1.41. The summed E-state index contributed by atoms with van der Waals surface area (Å²) >= 11 is 1.44. The van der Waals surface area contributed by atoms with E-state index in [1.165, 1.54) is 11.3 Å². The number of thiazole rings is 1. The maximum atomic E-state index is 11.9. The van der Waals surface area contributed by atoms with Gasteiger partial charge in [0, 0.05) is 23.4 Å². The summed E-state index contributed by atoms with van der Waals surface area (Å²) in [5, 5.41) is 2.70. The van der Waals surface area contributed by atoms with E-state index in [2.05, 4.69) is 9.72 Å². The van der Waals surface area contributed by atoms with Crippen LogP contribution in [0.1, 0.15) is 5.01 Å². The first kappa shape index (κ1) is 15.9. The SMILES string of the molecule is NC(COCC(F)(F)F)Cc1nc(-c2ccccc2)cs1. The van der Waals surface area contributed by atoms with E-state index in [9.17, 15) is 13.2 Å². The van der Waals surface area contributed by atoms with Gasteiger partial charge in [-0.15, -0.1) is 11.3 Å². The van der Waals surface area contributed by atoms with Crippen molar-refractivity contribution in [3.8, 4) is 11.3 Å². The van der Waals surface area contributed by atoms with Gasteiger partial charge in [-0.25, -0.2) is 4.98 Å². The molecule has 21 heavy (non-hydrogen) atoms. The summed E-state index contributed by atoms with van der Waals surface area (Å²) in [7, 11) is 0. The summed E-state index contributed by atoms with van der Waals surface area (Å²) in [5.41, 5.74) is 7.61. The number of alkyl halides is 3. The van der Waals surface area contributed by atoms with Crippen LogP contribution in [0.2, 0.25) is 0 Å². The minimum absolute atomic E-state index is 0.139. The van der Waals surface area contributed by atoms with Crippen molar-refractivity contribution < 1.29 is 17.9 Å². The third-order valence-corrected chi connectivity index (χ3v) is 3.53. The lowest BCUT2D eigenvalue weighted by Gasteiger charge is -2.12. The van der Waals surface area contributed by atoms with Gasteiger partial charge in [-0.3, -0.25) is 0 Å². The van der Waals surface area contributed by atoms with Crippen LogP contribution >= 0.6 is 11.3 Å². The highest BCUT2D eigenvalue weighted by Crippen LogP contribution is 2.22. The Morgan fingerprint density at radius 2 is 1.95 bits per heavy atom. The highest BCUT2D eigenvalue weighted by molar-refractivity contribution is 7.09. The molecule has 0 aliphatic rings.